The van der Waals surface area contributed by atoms with Gasteiger partial charge in [0.25, 0.3) is 5.91 Å². The fraction of sp³-hybridized carbons (Fsp3) is 0.429. The Kier molecular flexibility index (Phi) is 5.36. The maximum Gasteiger partial charge on any atom is 0.335 e. The second kappa shape index (κ2) is 6.78. The summed E-state index contributed by atoms with van der Waals surface area (Å²) < 4.78 is 5.52. The number of aromatic carboxylic acids is 1. The minimum Gasteiger partial charge on any atom is -0.481 e. The molecule has 0 radical (unpaired) electrons. The van der Waals surface area contributed by atoms with Crippen molar-refractivity contribution in [3.05, 3.63) is 29.3 Å². The average Bonchev–Trinajstić information content (AvgIpc) is 2.38. The van der Waals surface area contributed by atoms with Crippen LogP contribution in [0.1, 0.15) is 36.2 Å². The molecule has 2 N–H and O–H groups in total. The van der Waals surface area contributed by atoms with Crippen molar-refractivity contribution in [2.75, 3.05) is 6.54 Å². The average molecular weight is 265 g/mol. The van der Waals surface area contributed by atoms with Crippen LogP contribution < -0.4 is 10.1 Å². The molecule has 1 atom stereocenters. The summed E-state index contributed by atoms with van der Waals surface area (Å²) >= 11 is 0. The van der Waals surface area contributed by atoms with Gasteiger partial charge in [-0.15, -0.1) is 0 Å². The van der Waals surface area contributed by atoms with E-state index in [9.17, 15) is 9.59 Å². The standard InChI is InChI=1S/C14H19NO4/c1-4-7-15-13(16)10(3)19-12-8-11(14(17)18)6-5-9(12)2/h5-6,8,10H,4,7H2,1-3H3,(H,15,16)(H,17,18). The Hall–Kier alpha value is -2.04. The van der Waals surface area contributed by atoms with Gasteiger partial charge in [-0.25, -0.2) is 4.79 Å². The van der Waals surface area contributed by atoms with Crippen molar-refractivity contribution in [3.63, 3.8) is 0 Å². The summed E-state index contributed by atoms with van der Waals surface area (Å²) in [5, 5.41) is 11.7. The van der Waals surface area contributed by atoms with E-state index in [0.29, 0.717) is 12.3 Å². The van der Waals surface area contributed by atoms with Crippen LogP contribution in [0.3, 0.4) is 0 Å². The summed E-state index contributed by atoms with van der Waals surface area (Å²) in [6, 6.07) is 4.60. The largest absolute Gasteiger partial charge is 0.481 e. The fourth-order valence-electron chi connectivity index (χ4n) is 1.50. The number of carboxylic acid groups (broad SMARTS) is 1. The summed E-state index contributed by atoms with van der Waals surface area (Å²) in [5.74, 6) is -0.811. The third-order valence-corrected chi connectivity index (χ3v) is 2.66. The molecule has 0 heterocycles. The van der Waals surface area contributed by atoms with Gasteiger partial charge in [0.2, 0.25) is 0 Å². The molecule has 1 aromatic rings. The van der Waals surface area contributed by atoms with E-state index in [2.05, 4.69) is 5.32 Å². The van der Waals surface area contributed by atoms with E-state index in [1.54, 1.807) is 19.9 Å². The van der Waals surface area contributed by atoms with Crippen LogP contribution >= 0.6 is 0 Å². The van der Waals surface area contributed by atoms with Gasteiger partial charge in [-0.1, -0.05) is 13.0 Å². The van der Waals surface area contributed by atoms with Crippen molar-refractivity contribution in [1.82, 2.24) is 5.32 Å². The molecular weight excluding hydrogens is 246 g/mol. The number of ether oxygens (including phenoxy) is 1. The Morgan fingerprint density at radius 2 is 2.11 bits per heavy atom. The highest BCUT2D eigenvalue weighted by Gasteiger charge is 2.16. The van der Waals surface area contributed by atoms with E-state index in [0.717, 1.165) is 12.0 Å². The lowest BCUT2D eigenvalue weighted by molar-refractivity contribution is -0.127. The summed E-state index contributed by atoms with van der Waals surface area (Å²) in [4.78, 5) is 22.6. The maximum absolute atomic E-state index is 11.7. The number of nitrogens with one attached hydrogen (secondary N) is 1. The number of aryl methyl sites for hydroxylation is 1. The molecule has 5 heteroatoms. The van der Waals surface area contributed by atoms with E-state index in [1.807, 2.05) is 6.92 Å². The van der Waals surface area contributed by atoms with Crippen molar-refractivity contribution < 1.29 is 19.4 Å². The van der Waals surface area contributed by atoms with Gasteiger partial charge in [0.1, 0.15) is 5.75 Å². The van der Waals surface area contributed by atoms with Crippen molar-refractivity contribution in [1.29, 1.82) is 0 Å². The first-order valence-electron chi connectivity index (χ1n) is 6.24. The molecule has 1 amide bonds. The predicted octanol–water partition coefficient (Wildman–Crippen LogP) is 1.99. The first kappa shape index (κ1) is 15.0. The van der Waals surface area contributed by atoms with Crippen LogP contribution in [0.15, 0.2) is 18.2 Å². The highest BCUT2D eigenvalue weighted by atomic mass is 16.5. The molecule has 1 rings (SSSR count). The van der Waals surface area contributed by atoms with E-state index in [1.165, 1.54) is 12.1 Å². The number of rotatable bonds is 6. The lowest BCUT2D eigenvalue weighted by Gasteiger charge is -2.16. The maximum atomic E-state index is 11.7. The first-order chi connectivity index (χ1) is 8.95. The molecule has 0 fully saturated rings. The van der Waals surface area contributed by atoms with Crippen molar-refractivity contribution in [3.8, 4) is 5.75 Å². The van der Waals surface area contributed by atoms with E-state index in [4.69, 9.17) is 9.84 Å². The van der Waals surface area contributed by atoms with Gasteiger partial charge in [0, 0.05) is 6.54 Å². The van der Waals surface area contributed by atoms with Gasteiger partial charge in [-0.2, -0.15) is 0 Å². The highest BCUT2D eigenvalue weighted by molar-refractivity contribution is 5.88. The Morgan fingerprint density at radius 1 is 1.42 bits per heavy atom. The minimum atomic E-state index is -1.02. The highest BCUT2D eigenvalue weighted by Crippen LogP contribution is 2.21. The molecular formula is C14H19NO4. The van der Waals surface area contributed by atoms with Crippen LogP contribution in [0.2, 0.25) is 0 Å². The minimum absolute atomic E-state index is 0.141. The molecule has 5 nitrogen and oxygen atoms in total. The molecule has 0 saturated carbocycles. The number of carboxylic acids is 1. The fourth-order valence-corrected chi connectivity index (χ4v) is 1.50. The molecule has 0 bridgehead atoms. The number of amides is 1. The Balaban J connectivity index is 2.78. The molecule has 104 valence electrons. The molecule has 19 heavy (non-hydrogen) atoms. The molecule has 0 aliphatic rings. The summed E-state index contributed by atoms with van der Waals surface area (Å²) in [6.45, 7) is 6.00. The lowest BCUT2D eigenvalue weighted by Crippen LogP contribution is -2.36. The predicted molar refractivity (Wildman–Crippen MR) is 71.5 cm³/mol. The number of benzene rings is 1. The Bertz CT molecular complexity index is 471. The number of hydrogen-bond acceptors (Lipinski definition) is 3. The topological polar surface area (TPSA) is 75.6 Å². The smallest absolute Gasteiger partial charge is 0.335 e. The molecule has 0 aromatic heterocycles. The van der Waals surface area contributed by atoms with Crippen molar-refractivity contribution in [2.45, 2.75) is 33.3 Å². The van der Waals surface area contributed by atoms with Crippen molar-refractivity contribution >= 4 is 11.9 Å². The van der Waals surface area contributed by atoms with Crippen LogP contribution in [0.5, 0.6) is 5.75 Å². The van der Waals surface area contributed by atoms with Crippen LogP contribution in [0.4, 0.5) is 0 Å². The zero-order valence-electron chi connectivity index (χ0n) is 11.4. The van der Waals surface area contributed by atoms with Gasteiger partial charge in [0.05, 0.1) is 5.56 Å². The van der Waals surface area contributed by atoms with E-state index >= 15 is 0 Å². The summed E-state index contributed by atoms with van der Waals surface area (Å²) in [5.41, 5.74) is 0.932. The third-order valence-electron chi connectivity index (χ3n) is 2.66. The summed E-state index contributed by atoms with van der Waals surface area (Å²) in [7, 11) is 0. The molecule has 1 unspecified atom stereocenters. The molecule has 0 spiro atoms. The molecule has 0 saturated heterocycles. The third kappa shape index (κ3) is 4.28. The van der Waals surface area contributed by atoms with E-state index in [-0.39, 0.29) is 11.5 Å². The van der Waals surface area contributed by atoms with Gasteiger partial charge in [-0.05, 0) is 38.0 Å². The van der Waals surface area contributed by atoms with E-state index < -0.39 is 12.1 Å². The number of hydrogen-bond donors (Lipinski definition) is 2. The van der Waals surface area contributed by atoms with Gasteiger partial charge < -0.3 is 15.2 Å². The Morgan fingerprint density at radius 3 is 2.68 bits per heavy atom. The molecule has 0 aliphatic heterocycles. The molecule has 0 aliphatic carbocycles. The first-order valence-corrected chi connectivity index (χ1v) is 6.24. The zero-order valence-corrected chi connectivity index (χ0v) is 11.4. The van der Waals surface area contributed by atoms with Crippen LogP contribution in [0.25, 0.3) is 0 Å². The number of carbonyl (C=O) groups excluding carboxylic acids is 1. The second-order valence-electron chi connectivity index (χ2n) is 4.34. The van der Waals surface area contributed by atoms with Crippen LogP contribution in [0, 0.1) is 6.92 Å². The van der Waals surface area contributed by atoms with Gasteiger partial charge in [0.15, 0.2) is 6.10 Å². The number of carbonyl (C=O) groups is 2. The quantitative estimate of drug-likeness (QED) is 0.824. The SMILES string of the molecule is CCCNC(=O)C(C)Oc1cc(C(=O)O)ccc1C. The monoisotopic (exact) mass is 265 g/mol. The second-order valence-corrected chi connectivity index (χ2v) is 4.34. The van der Waals surface area contributed by atoms with Crippen molar-refractivity contribution in [2.24, 2.45) is 0 Å². The van der Waals surface area contributed by atoms with Crippen LogP contribution in [-0.2, 0) is 4.79 Å². The summed E-state index contributed by atoms with van der Waals surface area (Å²) in [6.07, 6.45) is 0.195. The van der Waals surface area contributed by atoms with Gasteiger partial charge >= 0.3 is 5.97 Å². The Labute approximate surface area is 112 Å². The zero-order chi connectivity index (χ0) is 14.4. The normalized spacial score (nSPS) is 11.7. The lowest BCUT2D eigenvalue weighted by atomic mass is 10.1. The van der Waals surface area contributed by atoms with Gasteiger partial charge in [-0.3, -0.25) is 4.79 Å². The molecule has 1 aromatic carbocycles. The van der Waals surface area contributed by atoms with Crippen LogP contribution in [-0.4, -0.2) is 29.6 Å².